The molecule has 0 N–H and O–H groups in total. The zero-order valence-electron chi connectivity index (χ0n) is 10.1. The zero-order chi connectivity index (χ0) is 12.3. The first-order valence-electron chi connectivity index (χ1n) is 5.20. The normalized spacial score (nSPS) is 11.3. The van der Waals surface area contributed by atoms with Crippen LogP contribution in [0.4, 0.5) is 0 Å². The van der Waals surface area contributed by atoms with Crippen LogP contribution in [0.5, 0.6) is 5.75 Å². The molecule has 0 unspecified atom stereocenters. The number of halogens is 1. The van der Waals surface area contributed by atoms with Crippen LogP contribution >= 0.6 is 15.9 Å². The Kier molecular flexibility index (Phi) is 4.14. The number of methoxy groups -OCH3 is 1. The maximum Gasteiger partial charge on any atom is 0.130 e. The SMILES string of the molecule is COc1ccc(Br)cc1C(C)(C)CC(C)=O. The van der Waals surface area contributed by atoms with Crippen LogP contribution in [-0.2, 0) is 10.2 Å². The van der Waals surface area contributed by atoms with Crippen LogP contribution in [0.3, 0.4) is 0 Å². The minimum Gasteiger partial charge on any atom is -0.496 e. The number of carbonyl (C=O) groups is 1. The van der Waals surface area contributed by atoms with E-state index in [0.717, 1.165) is 15.8 Å². The van der Waals surface area contributed by atoms with E-state index in [0.29, 0.717) is 6.42 Å². The van der Waals surface area contributed by atoms with E-state index in [1.807, 2.05) is 18.2 Å². The molecule has 0 saturated carbocycles. The summed E-state index contributed by atoms with van der Waals surface area (Å²) in [5, 5.41) is 0. The molecule has 16 heavy (non-hydrogen) atoms. The Bertz CT molecular complexity index is 397. The Hall–Kier alpha value is -0.830. The molecule has 3 heteroatoms. The summed E-state index contributed by atoms with van der Waals surface area (Å²) >= 11 is 3.44. The van der Waals surface area contributed by atoms with Gasteiger partial charge in [-0.1, -0.05) is 29.8 Å². The average molecular weight is 285 g/mol. The molecule has 0 aliphatic heterocycles. The molecule has 0 bridgehead atoms. The van der Waals surface area contributed by atoms with Crippen molar-refractivity contribution < 1.29 is 9.53 Å². The average Bonchev–Trinajstić information content (AvgIpc) is 2.15. The fraction of sp³-hybridized carbons (Fsp3) is 0.462. The number of carbonyl (C=O) groups excluding carboxylic acids is 1. The third-order valence-corrected chi connectivity index (χ3v) is 3.07. The number of hydrogen-bond acceptors (Lipinski definition) is 2. The molecule has 1 aromatic carbocycles. The molecule has 0 radical (unpaired) electrons. The van der Waals surface area contributed by atoms with Gasteiger partial charge in [0.25, 0.3) is 0 Å². The smallest absolute Gasteiger partial charge is 0.130 e. The largest absolute Gasteiger partial charge is 0.496 e. The molecule has 2 nitrogen and oxygen atoms in total. The second kappa shape index (κ2) is 5.00. The Labute approximate surface area is 105 Å². The molecule has 88 valence electrons. The van der Waals surface area contributed by atoms with Crippen LogP contribution in [0.1, 0.15) is 32.8 Å². The molecule has 0 aliphatic rings. The molecule has 0 saturated heterocycles. The maximum atomic E-state index is 11.3. The van der Waals surface area contributed by atoms with Crippen molar-refractivity contribution in [3.05, 3.63) is 28.2 Å². The van der Waals surface area contributed by atoms with E-state index in [1.165, 1.54) is 0 Å². The Morgan fingerprint density at radius 2 is 2.06 bits per heavy atom. The topological polar surface area (TPSA) is 26.3 Å². The van der Waals surface area contributed by atoms with Gasteiger partial charge in [0.15, 0.2) is 0 Å². The van der Waals surface area contributed by atoms with Crippen molar-refractivity contribution in [2.24, 2.45) is 0 Å². The monoisotopic (exact) mass is 284 g/mol. The predicted octanol–water partition coefficient (Wildman–Crippen LogP) is 3.71. The van der Waals surface area contributed by atoms with Crippen LogP contribution in [0, 0.1) is 0 Å². The Morgan fingerprint density at radius 1 is 1.44 bits per heavy atom. The van der Waals surface area contributed by atoms with Crippen LogP contribution in [0.15, 0.2) is 22.7 Å². The number of Topliss-reactive ketones (excluding diaryl/α,β-unsaturated/α-hetero) is 1. The number of benzene rings is 1. The number of rotatable bonds is 4. The number of hydrogen-bond donors (Lipinski definition) is 0. The second-order valence-electron chi connectivity index (χ2n) is 4.61. The summed E-state index contributed by atoms with van der Waals surface area (Å²) in [7, 11) is 1.65. The van der Waals surface area contributed by atoms with Gasteiger partial charge in [-0.05, 0) is 25.1 Å². The van der Waals surface area contributed by atoms with Gasteiger partial charge in [0.2, 0.25) is 0 Å². The highest BCUT2D eigenvalue weighted by atomic mass is 79.9. The lowest BCUT2D eigenvalue weighted by Crippen LogP contribution is -2.21. The fourth-order valence-electron chi connectivity index (χ4n) is 1.93. The van der Waals surface area contributed by atoms with Crippen molar-refractivity contribution in [2.75, 3.05) is 7.11 Å². The van der Waals surface area contributed by atoms with E-state index in [-0.39, 0.29) is 11.2 Å². The summed E-state index contributed by atoms with van der Waals surface area (Å²) in [5.74, 6) is 1.02. The van der Waals surface area contributed by atoms with Gasteiger partial charge >= 0.3 is 0 Å². The Balaban J connectivity index is 3.18. The fourth-order valence-corrected chi connectivity index (χ4v) is 2.29. The molecule has 0 fully saturated rings. The van der Waals surface area contributed by atoms with Crippen LogP contribution in [0.2, 0.25) is 0 Å². The van der Waals surface area contributed by atoms with Crippen LogP contribution < -0.4 is 4.74 Å². The van der Waals surface area contributed by atoms with Crippen molar-refractivity contribution in [1.82, 2.24) is 0 Å². The van der Waals surface area contributed by atoms with E-state index >= 15 is 0 Å². The molecule has 0 heterocycles. The second-order valence-corrected chi connectivity index (χ2v) is 5.52. The zero-order valence-corrected chi connectivity index (χ0v) is 11.7. The molecule has 0 aliphatic carbocycles. The van der Waals surface area contributed by atoms with E-state index in [1.54, 1.807) is 14.0 Å². The summed E-state index contributed by atoms with van der Waals surface area (Å²) in [6.45, 7) is 5.73. The predicted molar refractivity (Wildman–Crippen MR) is 69.0 cm³/mol. The third-order valence-electron chi connectivity index (χ3n) is 2.58. The van der Waals surface area contributed by atoms with Gasteiger partial charge in [-0.3, -0.25) is 4.79 Å². The summed E-state index contributed by atoms with van der Waals surface area (Å²) in [4.78, 5) is 11.3. The Morgan fingerprint density at radius 3 is 2.56 bits per heavy atom. The highest BCUT2D eigenvalue weighted by Crippen LogP contribution is 2.36. The van der Waals surface area contributed by atoms with Crippen molar-refractivity contribution in [2.45, 2.75) is 32.6 Å². The lowest BCUT2D eigenvalue weighted by molar-refractivity contribution is -0.118. The van der Waals surface area contributed by atoms with E-state index in [9.17, 15) is 4.79 Å². The number of ketones is 1. The van der Waals surface area contributed by atoms with Crippen molar-refractivity contribution in [1.29, 1.82) is 0 Å². The molecule has 1 aromatic rings. The van der Waals surface area contributed by atoms with Gasteiger partial charge in [-0.15, -0.1) is 0 Å². The first kappa shape index (κ1) is 13.2. The molecule has 1 rings (SSSR count). The lowest BCUT2D eigenvalue weighted by Gasteiger charge is -2.26. The summed E-state index contributed by atoms with van der Waals surface area (Å²) in [6.07, 6.45) is 0.514. The summed E-state index contributed by atoms with van der Waals surface area (Å²) < 4.78 is 6.34. The minimum atomic E-state index is -0.207. The maximum absolute atomic E-state index is 11.3. The third kappa shape index (κ3) is 3.08. The van der Waals surface area contributed by atoms with E-state index in [2.05, 4.69) is 29.8 Å². The van der Waals surface area contributed by atoms with Crippen LogP contribution in [-0.4, -0.2) is 12.9 Å². The van der Waals surface area contributed by atoms with Gasteiger partial charge < -0.3 is 4.74 Å². The van der Waals surface area contributed by atoms with Gasteiger partial charge in [-0.25, -0.2) is 0 Å². The highest BCUT2D eigenvalue weighted by molar-refractivity contribution is 9.10. The lowest BCUT2D eigenvalue weighted by atomic mass is 9.80. The van der Waals surface area contributed by atoms with Crippen LogP contribution in [0.25, 0.3) is 0 Å². The summed E-state index contributed by atoms with van der Waals surface area (Å²) in [6, 6.07) is 5.87. The molecule has 0 amide bonds. The molecular formula is C13H17BrO2. The quantitative estimate of drug-likeness (QED) is 0.843. The van der Waals surface area contributed by atoms with E-state index < -0.39 is 0 Å². The van der Waals surface area contributed by atoms with Gasteiger partial charge in [0, 0.05) is 21.9 Å². The molecule has 0 spiro atoms. The highest BCUT2D eigenvalue weighted by Gasteiger charge is 2.26. The van der Waals surface area contributed by atoms with Crippen molar-refractivity contribution >= 4 is 21.7 Å². The first-order valence-corrected chi connectivity index (χ1v) is 5.99. The van der Waals surface area contributed by atoms with Crippen molar-refractivity contribution in [3.63, 3.8) is 0 Å². The molecule has 0 aromatic heterocycles. The van der Waals surface area contributed by atoms with Gasteiger partial charge in [0.05, 0.1) is 7.11 Å². The summed E-state index contributed by atoms with van der Waals surface area (Å²) in [5.41, 5.74) is 0.848. The van der Waals surface area contributed by atoms with E-state index in [4.69, 9.17) is 4.74 Å². The number of ether oxygens (including phenoxy) is 1. The first-order chi connectivity index (χ1) is 7.36. The van der Waals surface area contributed by atoms with Crippen molar-refractivity contribution in [3.8, 4) is 5.75 Å². The minimum absolute atomic E-state index is 0.187. The van der Waals surface area contributed by atoms with Gasteiger partial charge in [-0.2, -0.15) is 0 Å². The van der Waals surface area contributed by atoms with Gasteiger partial charge in [0.1, 0.15) is 11.5 Å². The standard InChI is InChI=1S/C13H17BrO2/c1-9(15)8-13(2,3)11-7-10(14)5-6-12(11)16-4/h5-7H,8H2,1-4H3. The molecule has 0 atom stereocenters. The molecular weight excluding hydrogens is 268 g/mol.